The van der Waals surface area contributed by atoms with Gasteiger partial charge in [0.2, 0.25) is 0 Å². The number of rotatable bonds is 7. The molecular formula is C13H22N2O2. The summed E-state index contributed by atoms with van der Waals surface area (Å²) in [6, 6.07) is 3.74. The third-order valence-corrected chi connectivity index (χ3v) is 2.78. The standard InChI is InChI=1S/C13H22N2O2/c1-11(17)12-7-6-8-14-13(12)15(2)9-4-3-5-10-16/h6-8,11,16-17H,3-5,9-10H2,1-2H3/t11-/m1/s1. The van der Waals surface area contributed by atoms with Crippen LogP contribution in [0.5, 0.6) is 0 Å². The van der Waals surface area contributed by atoms with E-state index in [1.165, 1.54) is 0 Å². The Morgan fingerprint density at radius 1 is 1.35 bits per heavy atom. The van der Waals surface area contributed by atoms with Crippen LogP contribution in [-0.4, -0.2) is 35.4 Å². The largest absolute Gasteiger partial charge is 0.396 e. The van der Waals surface area contributed by atoms with Crippen molar-refractivity contribution in [2.45, 2.75) is 32.3 Å². The number of hydrogen-bond acceptors (Lipinski definition) is 4. The molecule has 0 fully saturated rings. The number of aliphatic hydroxyl groups is 2. The molecule has 0 aliphatic rings. The van der Waals surface area contributed by atoms with E-state index in [-0.39, 0.29) is 6.61 Å². The highest BCUT2D eigenvalue weighted by molar-refractivity contribution is 5.46. The molecule has 96 valence electrons. The van der Waals surface area contributed by atoms with Crippen LogP contribution in [0.3, 0.4) is 0 Å². The maximum atomic E-state index is 9.66. The maximum absolute atomic E-state index is 9.66. The summed E-state index contributed by atoms with van der Waals surface area (Å²) in [5.74, 6) is 0.839. The van der Waals surface area contributed by atoms with E-state index in [1.54, 1.807) is 13.1 Å². The van der Waals surface area contributed by atoms with Crippen LogP contribution in [-0.2, 0) is 0 Å². The van der Waals surface area contributed by atoms with E-state index in [2.05, 4.69) is 9.88 Å². The monoisotopic (exact) mass is 238 g/mol. The van der Waals surface area contributed by atoms with Crippen molar-refractivity contribution in [2.24, 2.45) is 0 Å². The fourth-order valence-electron chi connectivity index (χ4n) is 1.80. The molecular weight excluding hydrogens is 216 g/mol. The van der Waals surface area contributed by atoms with Crippen molar-refractivity contribution >= 4 is 5.82 Å². The molecule has 0 aromatic carbocycles. The lowest BCUT2D eigenvalue weighted by Gasteiger charge is -2.22. The molecule has 4 nitrogen and oxygen atoms in total. The number of aromatic nitrogens is 1. The summed E-state index contributed by atoms with van der Waals surface area (Å²) in [6.07, 6.45) is 4.12. The van der Waals surface area contributed by atoms with Gasteiger partial charge in [-0.15, -0.1) is 0 Å². The molecule has 17 heavy (non-hydrogen) atoms. The Kier molecular flexibility index (Phi) is 5.94. The number of anilines is 1. The summed E-state index contributed by atoms with van der Waals surface area (Å²) in [5.41, 5.74) is 0.858. The number of aliphatic hydroxyl groups excluding tert-OH is 2. The molecule has 0 amide bonds. The topological polar surface area (TPSA) is 56.6 Å². The molecule has 1 aromatic heterocycles. The molecule has 0 saturated carbocycles. The quantitative estimate of drug-likeness (QED) is 0.710. The van der Waals surface area contributed by atoms with Crippen LogP contribution in [0.15, 0.2) is 18.3 Å². The van der Waals surface area contributed by atoms with Crippen LogP contribution in [0.4, 0.5) is 5.82 Å². The fraction of sp³-hybridized carbons (Fsp3) is 0.615. The molecule has 0 bridgehead atoms. The van der Waals surface area contributed by atoms with Crippen LogP contribution in [0.2, 0.25) is 0 Å². The summed E-state index contributed by atoms with van der Waals surface area (Å²) in [7, 11) is 1.98. The molecule has 0 saturated heterocycles. The van der Waals surface area contributed by atoms with Crippen LogP contribution in [0.25, 0.3) is 0 Å². The van der Waals surface area contributed by atoms with Crippen LogP contribution < -0.4 is 4.90 Å². The normalized spacial score (nSPS) is 12.5. The molecule has 1 rings (SSSR count). The van der Waals surface area contributed by atoms with Gasteiger partial charge in [-0.1, -0.05) is 6.07 Å². The second-order valence-electron chi connectivity index (χ2n) is 4.30. The van der Waals surface area contributed by atoms with Gasteiger partial charge in [-0.25, -0.2) is 4.98 Å². The van der Waals surface area contributed by atoms with Gasteiger partial charge in [0.25, 0.3) is 0 Å². The van der Waals surface area contributed by atoms with E-state index in [1.807, 2.05) is 19.2 Å². The average molecular weight is 238 g/mol. The Hall–Kier alpha value is -1.13. The highest BCUT2D eigenvalue weighted by atomic mass is 16.3. The Morgan fingerprint density at radius 3 is 2.76 bits per heavy atom. The van der Waals surface area contributed by atoms with Crippen molar-refractivity contribution in [3.05, 3.63) is 23.9 Å². The lowest BCUT2D eigenvalue weighted by molar-refractivity contribution is 0.199. The first kappa shape index (κ1) is 13.9. The Labute approximate surface area is 103 Å². The smallest absolute Gasteiger partial charge is 0.134 e. The maximum Gasteiger partial charge on any atom is 0.134 e. The minimum absolute atomic E-state index is 0.256. The summed E-state index contributed by atoms with van der Waals surface area (Å²) >= 11 is 0. The second-order valence-corrected chi connectivity index (χ2v) is 4.30. The molecule has 1 aromatic rings. The number of unbranched alkanes of at least 4 members (excludes halogenated alkanes) is 2. The Morgan fingerprint density at radius 2 is 2.12 bits per heavy atom. The third kappa shape index (κ3) is 4.32. The van der Waals surface area contributed by atoms with Gasteiger partial charge in [0.1, 0.15) is 5.82 Å². The molecule has 2 N–H and O–H groups in total. The Balaban J connectivity index is 2.58. The van der Waals surface area contributed by atoms with Crippen molar-refractivity contribution < 1.29 is 10.2 Å². The van der Waals surface area contributed by atoms with Crippen molar-refractivity contribution in [3.8, 4) is 0 Å². The van der Waals surface area contributed by atoms with Gasteiger partial charge in [0.15, 0.2) is 0 Å². The van der Waals surface area contributed by atoms with Crippen molar-refractivity contribution in [1.29, 1.82) is 0 Å². The van der Waals surface area contributed by atoms with Crippen LogP contribution in [0.1, 0.15) is 37.9 Å². The van der Waals surface area contributed by atoms with E-state index < -0.39 is 6.10 Å². The first-order valence-electron chi connectivity index (χ1n) is 6.11. The third-order valence-electron chi connectivity index (χ3n) is 2.78. The second kappa shape index (κ2) is 7.25. The van der Waals surface area contributed by atoms with Crippen LogP contribution >= 0.6 is 0 Å². The fourth-order valence-corrected chi connectivity index (χ4v) is 1.80. The van der Waals surface area contributed by atoms with Crippen LogP contribution in [0, 0.1) is 0 Å². The van der Waals surface area contributed by atoms with Crippen molar-refractivity contribution in [1.82, 2.24) is 4.98 Å². The molecule has 1 heterocycles. The predicted molar refractivity (Wildman–Crippen MR) is 69.1 cm³/mol. The van der Waals surface area contributed by atoms with E-state index in [4.69, 9.17) is 5.11 Å². The van der Waals surface area contributed by atoms with Crippen molar-refractivity contribution in [2.75, 3.05) is 25.1 Å². The van der Waals surface area contributed by atoms with Crippen molar-refractivity contribution in [3.63, 3.8) is 0 Å². The SMILES string of the molecule is C[C@@H](O)c1cccnc1N(C)CCCCCO. The van der Waals surface area contributed by atoms with Gasteiger partial charge in [0.05, 0.1) is 6.10 Å². The summed E-state index contributed by atoms with van der Waals surface area (Å²) in [6.45, 7) is 2.89. The number of nitrogens with zero attached hydrogens (tertiary/aromatic N) is 2. The van der Waals surface area contributed by atoms with E-state index in [0.717, 1.165) is 37.2 Å². The highest BCUT2D eigenvalue weighted by Crippen LogP contribution is 2.22. The zero-order valence-electron chi connectivity index (χ0n) is 10.6. The predicted octanol–water partition coefficient (Wildman–Crippen LogP) is 1.73. The molecule has 0 radical (unpaired) electrons. The zero-order valence-corrected chi connectivity index (χ0v) is 10.6. The molecule has 0 spiro atoms. The average Bonchev–Trinajstić information content (AvgIpc) is 2.34. The minimum atomic E-state index is -0.501. The van der Waals surface area contributed by atoms with Gasteiger partial charge < -0.3 is 15.1 Å². The molecule has 0 unspecified atom stereocenters. The van der Waals surface area contributed by atoms with E-state index >= 15 is 0 Å². The lowest BCUT2D eigenvalue weighted by atomic mass is 10.1. The summed E-state index contributed by atoms with van der Waals surface area (Å²) < 4.78 is 0. The lowest BCUT2D eigenvalue weighted by Crippen LogP contribution is -2.21. The first-order valence-corrected chi connectivity index (χ1v) is 6.11. The van der Waals surface area contributed by atoms with Gasteiger partial charge in [-0.05, 0) is 32.3 Å². The zero-order chi connectivity index (χ0) is 12.7. The van der Waals surface area contributed by atoms with Gasteiger partial charge in [0, 0.05) is 32.0 Å². The van der Waals surface area contributed by atoms with Gasteiger partial charge in [-0.2, -0.15) is 0 Å². The molecule has 4 heteroatoms. The summed E-state index contributed by atoms with van der Waals surface area (Å²) in [5, 5.41) is 18.4. The van der Waals surface area contributed by atoms with Gasteiger partial charge in [-0.3, -0.25) is 0 Å². The molecule has 0 aliphatic heterocycles. The van der Waals surface area contributed by atoms with Gasteiger partial charge >= 0.3 is 0 Å². The van der Waals surface area contributed by atoms with E-state index in [9.17, 15) is 5.11 Å². The minimum Gasteiger partial charge on any atom is -0.396 e. The number of pyridine rings is 1. The number of hydrogen-bond donors (Lipinski definition) is 2. The molecule has 1 atom stereocenters. The Bertz CT molecular complexity index is 329. The first-order chi connectivity index (χ1) is 8.16. The summed E-state index contributed by atoms with van der Waals surface area (Å²) in [4.78, 5) is 6.37. The van der Waals surface area contributed by atoms with E-state index in [0.29, 0.717) is 0 Å². The molecule has 0 aliphatic carbocycles. The highest BCUT2D eigenvalue weighted by Gasteiger charge is 2.11.